The quantitative estimate of drug-likeness (QED) is 0.676. The third-order valence-electron chi connectivity index (χ3n) is 2.35. The van der Waals surface area contributed by atoms with Gasteiger partial charge in [-0.3, -0.25) is 4.79 Å². The summed E-state index contributed by atoms with van der Waals surface area (Å²) >= 11 is 9.18. The van der Waals surface area contributed by atoms with E-state index in [-0.39, 0.29) is 18.3 Å². The Hall–Kier alpha value is -0.490. The molecule has 0 aliphatic rings. The van der Waals surface area contributed by atoms with Crippen LogP contribution in [0.1, 0.15) is 13.3 Å². The first kappa shape index (κ1) is 19.5. The molecule has 0 bridgehead atoms. The number of carbonyl (C=O) groups excluding carboxylic acids is 1. The van der Waals surface area contributed by atoms with Gasteiger partial charge in [-0.2, -0.15) is 0 Å². The molecule has 114 valence electrons. The number of hydrogen-bond acceptors (Lipinski definition) is 3. The molecule has 0 heterocycles. The van der Waals surface area contributed by atoms with E-state index in [0.717, 1.165) is 17.6 Å². The second kappa shape index (κ2) is 11.2. The molecule has 4 nitrogen and oxygen atoms in total. The lowest BCUT2D eigenvalue weighted by Crippen LogP contribution is -2.32. The lowest BCUT2D eigenvalue weighted by Gasteiger charge is -2.09. The van der Waals surface area contributed by atoms with E-state index in [2.05, 4.69) is 26.6 Å². The zero-order valence-corrected chi connectivity index (χ0v) is 14.4. The highest BCUT2D eigenvalue weighted by Gasteiger charge is 2.04. The standard InChI is InChI=1S/C13H18BrClN2O2.ClH/c1-2-16-6-7-17-13(18)5-8-19-12-4-3-10(15)9-11(12)14;/h3-4,9,16H,2,5-8H2,1H3,(H,17,18);1H. The number of amides is 1. The minimum absolute atomic E-state index is 0. The van der Waals surface area contributed by atoms with E-state index in [9.17, 15) is 4.79 Å². The molecule has 0 aliphatic carbocycles. The lowest BCUT2D eigenvalue weighted by atomic mass is 10.3. The molecule has 0 saturated heterocycles. The van der Waals surface area contributed by atoms with Crippen molar-refractivity contribution in [1.29, 1.82) is 0 Å². The summed E-state index contributed by atoms with van der Waals surface area (Å²) in [6, 6.07) is 5.28. The molecule has 7 heteroatoms. The highest BCUT2D eigenvalue weighted by Crippen LogP contribution is 2.27. The average Bonchev–Trinajstić information content (AvgIpc) is 2.37. The van der Waals surface area contributed by atoms with E-state index in [4.69, 9.17) is 16.3 Å². The second-order valence-electron chi connectivity index (χ2n) is 3.88. The van der Waals surface area contributed by atoms with Crippen molar-refractivity contribution in [3.05, 3.63) is 27.7 Å². The summed E-state index contributed by atoms with van der Waals surface area (Å²) in [5.74, 6) is 0.674. The first-order chi connectivity index (χ1) is 9.13. The average molecular weight is 386 g/mol. The summed E-state index contributed by atoms with van der Waals surface area (Å²) in [5.41, 5.74) is 0. The van der Waals surface area contributed by atoms with Crippen molar-refractivity contribution >= 4 is 45.8 Å². The molecule has 20 heavy (non-hydrogen) atoms. The Bertz CT molecular complexity index is 419. The maximum atomic E-state index is 11.5. The minimum Gasteiger partial charge on any atom is -0.492 e. The van der Waals surface area contributed by atoms with Crippen LogP contribution in [0.15, 0.2) is 22.7 Å². The largest absolute Gasteiger partial charge is 0.492 e. The summed E-state index contributed by atoms with van der Waals surface area (Å²) in [6.45, 7) is 4.69. The van der Waals surface area contributed by atoms with Crippen molar-refractivity contribution in [1.82, 2.24) is 10.6 Å². The number of carbonyl (C=O) groups is 1. The summed E-state index contributed by atoms with van der Waals surface area (Å²) in [6.07, 6.45) is 0.335. The van der Waals surface area contributed by atoms with Gasteiger partial charge in [0.05, 0.1) is 17.5 Å². The smallest absolute Gasteiger partial charge is 0.223 e. The van der Waals surface area contributed by atoms with Gasteiger partial charge in [-0.05, 0) is 40.7 Å². The van der Waals surface area contributed by atoms with Crippen molar-refractivity contribution < 1.29 is 9.53 Å². The van der Waals surface area contributed by atoms with Gasteiger partial charge in [-0.25, -0.2) is 0 Å². The summed E-state index contributed by atoms with van der Waals surface area (Å²) < 4.78 is 6.29. The molecule has 0 atom stereocenters. The Morgan fingerprint density at radius 2 is 2.15 bits per heavy atom. The number of ether oxygens (including phenoxy) is 1. The molecule has 0 spiro atoms. The van der Waals surface area contributed by atoms with Crippen LogP contribution in [0.4, 0.5) is 0 Å². The van der Waals surface area contributed by atoms with Crippen molar-refractivity contribution in [3.63, 3.8) is 0 Å². The molecular formula is C13H19BrCl2N2O2. The maximum absolute atomic E-state index is 11.5. The molecule has 0 aliphatic heterocycles. The van der Waals surface area contributed by atoms with Gasteiger partial charge in [0.25, 0.3) is 0 Å². The molecule has 0 aromatic heterocycles. The minimum atomic E-state index is -0.0111. The van der Waals surface area contributed by atoms with Crippen LogP contribution in [0.3, 0.4) is 0 Å². The zero-order chi connectivity index (χ0) is 14.1. The highest BCUT2D eigenvalue weighted by molar-refractivity contribution is 9.10. The lowest BCUT2D eigenvalue weighted by molar-refractivity contribution is -0.121. The Labute approximate surface area is 139 Å². The van der Waals surface area contributed by atoms with Crippen LogP contribution in [0.5, 0.6) is 5.75 Å². The molecule has 1 aromatic rings. The predicted octanol–water partition coefficient (Wildman–Crippen LogP) is 3.02. The molecule has 1 rings (SSSR count). The Kier molecular flexibility index (Phi) is 10.9. The second-order valence-corrected chi connectivity index (χ2v) is 5.17. The number of hydrogen-bond donors (Lipinski definition) is 2. The van der Waals surface area contributed by atoms with Gasteiger partial charge >= 0.3 is 0 Å². The summed E-state index contributed by atoms with van der Waals surface area (Å²) in [4.78, 5) is 11.5. The predicted molar refractivity (Wildman–Crippen MR) is 88.1 cm³/mol. The SMILES string of the molecule is CCNCCNC(=O)CCOc1ccc(Cl)cc1Br.Cl. The number of rotatable bonds is 8. The molecule has 2 N–H and O–H groups in total. The first-order valence-corrected chi connectivity index (χ1v) is 7.36. The first-order valence-electron chi connectivity index (χ1n) is 6.18. The molecule has 0 radical (unpaired) electrons. The molecule has 0 unspecified atom stereocenters. The molecular weight excluding hydrogens is 367 g/mol. The normalized spacial score (nSPS) is 9.75. The van der Waals surface area contributed by atoms with Crippen LogP contribution < -0.4 is 15.4 Å². The van der Waals surface area contributed by atoms with E-state index in [1.807, 2.05) is 6.92 Å². The van der Waals surface area contributed by atoms with Crippen molar-refractivity contribution in [2.24, 2.45) is 0 Å². The fourth-order valence-corrected chi connectivity index (χ4v) is 2.20. The molecule has 0 saturated carbocycles. The van der Waals surface area contributed by atoms with E-state index >= 15 is 0 Å². The number of benzene rings is 1. The fourth-order valence-electron chi connectivity index (χ4n) is 1.40. The molecule has 1 aromatic carbocycles. The van der Waals surface area contributed by atoms with Gasteiger partial charge in [-0.1, -0.05) is 18.5 Å². The third kappa shape index (κ3) is 7.94. The van der Waals surface area contributed by atoms with Gasteiger partial charge in [0.15, 0.2) is 0 Å². The fraction of sp³-hybridized carbons (Fsp3) is 0.462. The number of nitrogens with one attached hydrogen (secondary N) is 2. The Morgan fingerprint density at radius 1 is 1.40 bits per heavy atom. The molecule has 1 amide bonds. The third-order valence-corrected chi connectivity index (χ3v) is 3.21. The highest BCUT2D eigenvalue weighted by atomic mass is 79.9. The Balaban J connectivity index is 0.00000361. The van der Waals surface area contributed by atoms with E-state index in [0.29, 0.717) is 30.3 Å². The number of halogens is 3. The van der Waals surface area contributed by atoms with Crippen molar-refractivity contribution in [3.8, 4) is 5.75 Å². The van der Waals surface area contributed by atoms with Crippen LogP contribution in [-0.4, -0.2) is 32.1 Å². The van der Waals surface area contributed by atoms with E-state index in [1.54, 1.807) is 18.2 Å². The monoisotopic (exact) mass is 384 g/mol. The van der Waals surface area contributed by atoms with E-state index < -0.39 is 0 Å². The van der Waals surface area contributed by atoms with Crippen LogP contribution in [-0.2, 0) is 4.79 Å². The Morgan fingerprint density at radius 3 is 2.80 bits per heavy atom. The topological polar surface area (TPSA) is 50.4 Å². The maximum Gasteiger partial charge on any atom is 0.223 e. The van der Waals surface area contributed by atoms with Gasteiger partial charge < -0.3 is 15.4 Å². The van der Waals surface area contributed by atoms with Crippen molar-refractivity contribution in [2.75, 3.05) is 26.2 Å². The number of likely N-dealkylation sites (N-methyl/N-ethyl adjacent to an activating group) is 1. The van der Waals surface area contributed by atoms with Crippen LogP contribution in [0.25, 0.3) is 0 Å². The molecule has 0 fully saturated rings. The van der Waals surface area contributed by atoms with Gasteiger partial charge in [0, 0.05) is 18.1 Å². The van der Waals surface area contributed by atoms with Crippen LogP contribution >= 0.6 is 39.9 Å². The summed E-state index contributed by atoms with van der Waals surface area (Å²) in [5, 5.41) is 6.59. The summed E-state index contributed by atoms with van der Waals surface area (Å²) in [7, 11) is 0. The van der Waals surface area contributed by atoms with Crippen LogP contribution in [0.2, 0.25) is 5.02 Å². The van der Waals surface area contributed by atoms with Gasteiger partial charge in [0.2, 0.25) is 5.91 Å². The van der Waals surface area contributed by atoms with Crippen molar-refractivity contribution in [2.45, 2.75) is 13.3 Å². The van der Waals surface area contributed by atoms with Gasteiger partial charge in [-0.15, -0.1) is 12.4 Å². The van der Waals surface area contributed by atoms with E-state index in [1.165, 1.54) is 0 Å². The van der Waals surface area contributed by atoms with Gasteiger partial charge in [0.1, 0.15) is 5.75 Å². The van der Waals surface area contributed by atoms with Crippen LogP contribution in [0, 0.1) is 0 Å². The zero-order valence-electron chi connectivity index (χ0n) is 11.2.